The number of nitrogens with two attached hydrogens (primary N) is 1. The summed E-state index contributed by atoms with van der Waals surface area (Å²) in [6, 6.07) is 9.18. The van der Waals surface area contributed by atoms with Crippen LogP contribution in [-0.2, 0) is 4.79 Å². The molecule has 0 saturated heterocycles. The van der Waals surface area contributed by atoms with Crippen LogP contribution in [0.2, 0.25) is 5.02 Å². The van der Waals surface area contributed by atoms with E-state index in [2.05, 4.69) is 24.5 Å². The molecule has 0 spiro atoms. The van der Waals surface area contributed by atoms with Crippen molar-refractivity contribution in [2.75, 3.05) is 11.9 Å². The summed E-state index contributed by atoms with van der Waals surface area (Å²) >= 11 is 7.19. The van der Waals surface area contributed by atoms with E-state index in [0.29, 0.717) is 21.5 Å². The van der Waals surface area contributed by atoms with Crippen LogP contribution in [0, 0.1) is 5.92 Å². The van der Waals surface area contributed by atoms with Gasteiger partial charge in [-0.2, -0.15) is 0 Å². The van der Waals surface area contributed by atoms with E-state index in [-0.39, 0.29) is 18.5 Å². The molecule has 0 saturated carbocycles. The summed E-state index contributed by atoms with van der Waals surface area (Å²) in [4.78, 5) is 23.4. The molecule has 2 rings (SSSR count). The molecule has 24 heavy (non-hydrogen) atoms. The van der Waals surface area contributed by atoms with Gasteiger partial charge < -0.3 is 16.4 Å². The fourth-order valence-corrected chi connectivity index (χ4v) is 3.32. The molecular formula is C17H20ClN3O2S. The number of halogens is 1. The van der Waals surface area contributed by atoms with E-state index in [1.807, 2.05) is 24.3 Å². The van der Waals surface area contributed by atoms with Gasteiger partial charge >= 0.3 is 0 Å². The first kappa shape index (κ1) is 18.4. The summed E-state index contributed by atoms with van der Waals surface area (Å²) in [5.74, 6) is -0.484. The van der Waals surface area contributed by atoms with Crippen molar-refractivity contribution in [1.82, 2.24) is 5.32 Å². The molecule has 0 unspecified atom stereocenters. The van der Waals surface area contributed by atoms with Crippen LogP contribution in [0.5, 0.6) is 0 Å². The number of benzene rings is 1. The van der Waals surface area contributed by atoms with Gasteiger partial charge in [0.1, 0.15) is 5.00 Å². The quantitative estimate of drug-likeness (QED) is 0.702. The van der Waals surface area contributed by atoms with Gasteiger partial charge in [0.2, 0.25) is 5.91 Å². The van der Waals surface area contributed by atoms with Gasteiger partial charge in [0.15, 0.2) is 0 Å². The summed E-state index contributed by atoms with van der Waals surface area (Å²) in [5, 5.41) is 8.84. The average Bonchev–Trinajstić information content (AvgIpc) is 2.97. The van der Waals surface area contributed by atoms with Crippen molar-refractivity contribution < 1.29 is 9.59 Å². The first-order valence-electron chi connectivity index (χ1n) is 7.54. The number of rotatable bonds is 7. The van der Waals surface area contributed by atoms with Crippen molar-refractivity contribution in [2.24, 2.45) is 11.7 Å². The molecule has 0 bridgehead atoms. The first-order chi connectivity index (χ1) is 11.4. The number of amides is 2. The van der Waals surface area contributed by atoms with Crippen molar-refractivity contribution in [3.63, 3.8) is 0 Å². The number of thiophene rings is 1. The third-order valence-corrected chi connectivity index (χ3v) is 4.64. The van der Waals surface area contributed by atoms with E-state index >= 15 is 0 Å². The Bertz CT molecular complexity index is 713. The molecule has 128 valence electrons. The van der Waals surface area contributed by atoms with Gasteiger partial charge in [0.25, 0.3) is 5.91 Å². The Morgan fingerprint density at radius 3 is 2.46 bits per heavy atom. The highest BCUT2D eigenvalue weighted by molar-refractivity contribution is 7.14. The van der Waals surface area contributed by atoms with Crippen LogP contribution in [0.3, 0.4) is 0 Å². The Morgan fingerprint density at radius 2 is 1.88 bits per heavy atom. The lowest BCUT2D eigenvalue weighted by atomic mass is 9.96. The van der Waals surface area contributed by atoms with Crippen LogP contribution in [0.15, 0.2) is 35.7 Å². The van der Waals surface area contributed by atoms with Gasteiger partial charge in [-0.1, -0.05) is 37.6 Å². The lowest BCUT2D eigenvalue weighted by molar-refractivity contribution is -0.115. The molecule has 2 amide bonds. The lowest BCUT2D eigenvalue weighted by Crippen LogP contribution is -2.33. The molecule has 0 fully saturated rings. The zero-order valence-electron chi connectivity index (χ0n) is 13.5. The monoisotopic (exact) mass is 365 g/mol. The number of hydrogen-bond acceptors (Lipinski definition) is 4. The predicted molar refractivity (Wildman–Crippen MR) is 98.5 cm³/mol. The SMILES string of the molecule is CC(C)[C@H](NCC(=O)Nc1sccc1C(N)=O)c1ccc(Cl)cc1. The second kappa shape index (κ2) is 8.28. The highest BCUT2D eigenvalue weighted by Crippen LogP contribution is 2.24. The van der Waals surface area contributed by atoms with E-state index in [1.165, 1.54) is 11.3 Å². The number of nitrogens with one attached hydrogen (secondary N) is 2. The molecule has 4 N–H and O–H groups in total. The van der Waals surface area contributed by atoms with Gasteiger partial charge in [0, 0.05) is 11.1 Å². The van der Waals surface area contributed by atoms with Gasteiger partial charge in [-0.25, -0.2) is 0 Å². The molecule has 1 aromatic carbocycles. The Kier molecular flexibility index (Phi) is 6.36. The molecule has 0 aliphatic heterocycles. The van der Waals surface area contributed by atoms with Crippen LogP contribution in [-0.4, -0.2) is 18.4 Å². The van der Waals surface area contributed by atoms with Crippen LogP contribution < -0.4 is 16.4 Å². The van der Waals surface area contributed by atoms with Crippen LogP contribution in [0.25, 0.3) is 0 Å². The van der Waals surface area contributed by atoms with Crippen LogP contribution >= 0.6 is 22.9 Å². The molecule has 0 radical (unpaired) electrons. The van der Waals surface area contributed by atoms with E-state index in [1.54, 1.807) is 11.4 Å². The standard InChI is InChI=1S/C17H20ClN3O2S/c1-10(2)15(11-3-5-12(18)6-4-11)20-9-14(22)21-17-13(16(19)23)7-8-24-17/h3-8,10,15,20H,9H2,1-2H3,(H2,19,23)(H,21,22)/t15-/m0/s1. The van der Waals surface area contributed by atoms with Crippen molar-refractivity contribution in [3.05, 3.63) is 51.9 Å². The number of primary amides is 1. The van der Waals surface area contributed by atoms with Gasteiger partial charge in [-0.15, -0.1) is 11.3 Å². The second-order valence-electron chi connectivity index (χ2n) is 5.73. The molecule has 1 aromatic heterocycles. The Balaban J connectivity index is 1.99. The highest BCUT2D eigenvalue weighted by Gasteiger charge is 2.18. The predicted octanol–water partition coefficient (Wildman–Crippen LogP) is 3.43. The number of anilines is 1. The van der Waals surface area contributed by atoms with Crippen molar-refractivity contribution in [3.8, 4) is 0 Å². The normalized spacial score (nSPS) is 12.2. The molecule has 0 aliphatic rings. The van der Waals surface area contributed by atoms with E-state index in [4.69, 9.17) is 17.3 Å². The fourth-order valence-electron chi connectivity index (χ4n) is 2.38. The molecular weight excluding hydrogens is 346 g/mol. The van der Waals surface area contributed by atoms with E-state index in [9.17, 15) is 9.59 Å². The van der Waals surface area contributed by atoms with Crippen LogP contribution in [0.1, 0.15) is 35.8 Å². The topological polar surface area (TPSA) is 84.2 Å². The van der Waals surface area contributed by atoms with E-state index < -0.39 is 5.91 Å². The summed E-state index contributed by atoms with van der Waals surface area (Å²) < 4.78 is 0. The summed E-state index contributed by atoms with van der Waals surface area (Å²) in [6.45, 7) is 4.28. The minimum atomic E-state index is -0.555. The number of hydrogen-bond donors (Lipinski definition) is 3. The Morgan fingerprint density at radius 1 is 1.21 bits per heavy atom. The van der Waals surface area contributed by atoms with Gasteiger partial charge in [-0.3, -0.25) is 9.59 Å². The molecule has 0 aliphatic carbocycles. The Labute approximate surface area is 150 Å². The third-order valence-electron chi connectivity index (χ3n) is 3.56. The Hall–Kier alpha value is -1.89. The molecule has 7 heteroatoms. The van der Waals surface area contributed by atoms with Crippen LogP contribution in [0.4, 0.5) is 5.00 Å². The fraction of sp³-hybridized carbons (Fsp3) is 0.294. The number of carbonyl (C=O) groups excluding carboxylic acids is 2. The maximum Gasteiger partial charge on any atom is 0.251 e. The second-order valence-corrected chi connectivity index (χ2v) is 7.08. The average molecular weight is 366 g/mol. The zero-order valence-corrected chi connectivity index (χ0v) is 15.1. The summed E-state index contributed by atoms with van der Waals surface area (Å²) in [6.07, 6.45) is 0. The zero-order chi connectivity index (χ0) is 17.7. The summed E-state index contributed by atoms with van der Waals surface area (Å²) in [5.41, 5.74) is 6.67. The van der Waals surface area contributed by atoms with Crippen molar-refractivity contribution in [2.45, 2.75) is 19.9 Å². The molecule has 1 atom stereocenters. The summed E-state index contributed by atoms with van der Waals surface area (Å²) in [7, 11) is 0. The van der Waals surface area contributed by atoms with Gasteiger partial charge in [-0.05, 0) is 35.1 Å². The highest BCUT2D eigenvalue weighted by atomic mass is 35.5. The third kappa shape index (κ3) is 4.80. The maximum absolute atomic E-state index is 12.2. The largest absolute Gasteiger partial charge is 0.366 e. The molecule has 1 heterocycles. The molecule has 5 nitrogen and oxygen atoms in total. The minimum absolute atomic E-state index is 0.0203. The lowest BCUT2D eigenvalue weighted by Gasteiger charge is -2.23. The van der Waals surface area contributed by atoms with Crippen molar-refractivity contribution in [1.29, 1.82) is 0 Å². The maximum atomic E-state index is 12.2. The van der Waals surface area contributed by atoms with Crippen molar-refractivity contribution >= 4 is 39.8 Å². The minimum Gasteiger partial charge on any atom is -0.366 e. The van der Waals surface area contributed by atoms with Gasteiger partial charge in [0.05, 0.1) is 12.1 Å². The number of carbonyl (C=O) groups is 2. The smallest absolute Gasteiger partial charge is 0.251 e. The van der Waals surface area contributed by atoms with E-state index in [0.717, 1.165) is 5.56 Å². The first-order valence-corrected chi connectivity index (χ1v) is 8.80. The molecule has 2 aromatic rings.